The molecule has 2 N–H and O–H groups in total. The van der Waals surface area contributed by atoms with Crippen LogP contribution in [-0.4, -0.2) is 17.0 Å². The van der Waals surface area contributed by atoms with Gasteiger partial charge in [0, 0.05) is 10.0 Å². The van der Waals surface area contributed by atoms with Gasteiger partial charge < -0.3 is 14.8 Å². The molecule has 0 aliphatic rings. The summed E-state index contributed by atoms with van der Waals surface area (Å²) in [7, 11) is 0. The zero-order chi connectivity index (χ0) is 15.6. The number of hydrogen-bond acceptors (Lipinski definition) is 3. The van der Waals surface area contributed by atoms with Crippen LogP contribution in [0.1, 0.15) is 32.2 Å². The molecule has 110 valence electrons. The normalized spacial score (nSPS) is 10.4. The van der Waals surface area contributed by atoms with Crippen molar-refractivity contribution in [2.75, 3.05) is 0 Å². The van der Waals surface area contributed by atoms with Crippen LogP contribution in [0.4, 0.5) is 0 Å². The van der Waals surface area contributed by atoms with E-state index in [2.05, 4.69) is 21.2 Å². The van der Waals surface area contributed by atoms with E-state index in [0.717, 1.165) is 0 Å². The van der Waals surface area contributed by atoms with Crippen molar-refractivity contribution in [3.05, 3.63) is 56.4 Å². The van der Waals surface area contributed by atoms with Crippen LogP contribution in [0.5, 0.6) is 0 Å². The lowest BCUT2D eigenvalue weighted by Crippen LogP contribution is -2.22. The highest BCUT2D eigenvalue weighted by Gasteiger charge is 2.14. The molecule has 5 nitrogen and oxygen atoms in total. The molecule has 21 heavy (non-hydrogen) atoms. The van der Waals surface area contributed by atoms with Crippen LogP contribution in [0, 0.1) is 6.92 Å². The molecule has 0 fully saturated rings. The fourth-order valence-corrected chi connectivity index (χ4v) is 2.18. The monoisotopic (exact) mass is 371 g/mol. The number of rotatable bonds is 4. The number of benzene rings is 1. The Morgan fingerprint density at radius 2 is 2.10 bits per heavy atom. The molecule has 0 spiro atoms. The van der Waals surface area contributed by atoms with Crippen molar-refractivity contribution in [1.29, 1.82) is 0 Å². The van der Waals surface area contributed by atoms with Crippen LogP contribution in [-0.2, 0) is 6.54 Å². The summed E-state index contributed by atoms with van der Waals surface area (Å²) in [6.45, 7) is 1.66. The van der Waals surface area contributed by atoms with Gasteiger partial charge in [-0.25, -0.2) is 4.79 Å². The first-order chi connectivity index (χ1) is 9.88. The molecule has 1 heterocycles. The Hall–Kier alpha value is -1.79. The molecule has 1 aromatic carbocycles. The second-order valence-corrected chi connectivity index (χ2v) is 5.56. The largest absolute Gasteiger partial charge is 0.478 e. The maximum atomic E-state index is 12.0. The highest BCUT2D eigenvalue weighted by Crippen LogP contribution is 2.23. The van der Waals surface area contributed by atoms with Gasteiger partial charge in [-0.05, 0) is 47.1 Å². The Morgan fingerprint density at radius 3 is 2.67 bits per heavy atom. The molecule has 0 atom stereocenters. The molecular weight excluding hydrogens is 362 g/mol. The third-order valence-corrected chi connectivity index (χ3v) is 4.04. The second kappa shape index (κ2) is 6.32. The third kappa shape index (κ3) is 3.65. The van der Waals surface area contributed by atoms with Gasteiger partial charge in [0.2, 0.25) is 0 Å². The number of aromatic carboxylic acids is 1. The molecule has 0 saturated heterocycles. The van der Waals surface area contributed by atoms with Crippen molar-refractivity contribution in [1.82, 2.24) is 5.32 Å². The van der Waals surface area contributed by atoms with Gasteiger partial charge >= 0.3 is 5.97 Å². The molecule has 0 aliphatic heterocycles. The molecule has 2 aromatic rings. The Kier molecular flexibility index (Phi) is 4.69. The van der Waals surface area contributed by atoms with Crippen molar-refractivity contribution >= 4 is 39.4 Å². The van der Waals surface area contributed by atoms with E-state index in [1.165, 1.54) is 12.1 Å². The topological polar surface area (TPSA) is 79.5 Å². The van der Waals surface area contributed by atoms with E-state index in [1.54, 1.807) is 19.1 Å². The number of carbonyl (C=O) groups excluding carboxylic acids is 1. The number of carbonyl (C=O) groups is 2. The number of halogens is 2. The second-order valence-electron chi connectivity index (χ2n) is 4.30. The van der Waals surface area contributed by atoms with Gasteiger partial charge in [-0.2, -0.15) is 0 Å². The average Bonchev–Trinajstić information content (AvgIpc) is 2.80. The molecule has 2 rings (SSSR count). The zero-order valence-electron chi connectivity index (χ0n) is 10.9. The highest BCUT2D eigenvalue weighted by molar-refractivity contribution is 9.10. The SMILES string of the molecule is Cc1oc(CNC(=O)c2ccc(Br)c(Cl)c2)cc1C(=O)O. The summed E-state index contributed by atoms with van der Waals surface area (Å²) < 4.78 is 5.98. The van der Waals surface area contributed by atoms with Crippen molar-refractivity contribution in [3.8, 4) is 0 Å². The number of amides is 1. The maximum absolute atomic E-state index is 12.0. The number of furan rings is 1. The lowest BCUT2D eigenvalue weighted by atomic mass is 10.2. The summed E-state index contributed by atoms with van der Waals surface area (Å²) in [5.74, 6) is -0.705. The number of carboxylic acid groups (broad SMARTS) is 1. The Bertz CT molecular complexity index is 711. The van der Waals surface area contributed by atoms with Crippen molar-refractivity contribution < 1.29 is 19.1 Å². The van der Waals surface area contributed by atoms with Gasteiger partial charge in [0.05, 0.1) is 11.6 Å². The molecule has 0 bridgehead atoms. The summed E-state index contributed by atoms with van der Waals surface area (Å²) in [4.78, 5) is 22.9. The van der Waals surface area contributed by atoms with Gasteiger partial charge in [-0.15, -0.1) is 0 Å². The lowest BCUT2D eigenvalue weighted by molar-refractivity contribution is 0.0694. The fourth-order valence-electron chi connectivity index (χ4n) is 1.75. The van der Waals surface area contributed by atoms with E-state index in [0.29, 0.717) is 26.6 Å². The first-order valence-electron chi connectivity index (χ1n) is 5.94. The van der Waals surface area contributed by atoms with Crippen LogP contribution in [0.15, 0.2) is 33.2 Å². The van der Waals surface area contributed by atoms with E-state index >= 15 is 0 Å². The number of nitrogens with one attached hydrogen (secondary N) is 1. The summed E-state index contributed by atoms with van der Waals surface area (Å²) in [5, 5.41) is 12.0. The molecule has 0 unspecified atom stereocenters. The molecular formula is C14H11BrClNO4. The van der Waals surface area contributed by atoms with E-state index in [4.69, 9.17) is 21.1 Å². The smallest absolute Gasteiger partial charge is 0.339 e. The van der Waals surface area contributed by atoms with E-state index in [9.17, 15) is 9.59 Å². The average molecular weight is 373 g/mol. The lowest BCUT2D eigenvalue weighted by Gasteiger charge is -2.04. The zero-order valence-corrected chi connectivity index (χ0v) is 13.3. The number of hydrogen-bond donors (Lipinski definition) is 2. The van der Waals surface area contributed by atoms with Crippen LogP contribution in [0.2, 0.25) is 5.02 Å². The molecule has 0 radical (unpaired) electrons. The van der Waals surface area contributed by atoms with Gasteiger partial charge in [-0.1, -0.05) is 11.6 Å². The predicted molar refractivity (Wildman–Crippen MR) is 80.7 cm³/mol. The van der Waals surface area contributed by atoms with Crippen LogP contribution < -0.4 is 5.32 Å². The summed E-state index contributed by atoms with van der Waals surface area (Å²) in [5.41, 5.74) is 0.496. The van der Waals surface area contributed by atoms with Crippen molar-refractivity contribution in [2.24, 2.45) is 0 Å². The predicted octanol–water partition coefficient (Wildman–Crippen LogP) is 3.63. The summed E-state index contributed by atoms with van der Waals surface area (Å²) in [6, 6.07) is 6.24. The van der Waals surface area contributed by atoms with Gasteiger partial charge in [0.25, 0.3) is 5.91 Å². The van der Waals surface area contributed by atoms with Gasteiger partial charge in [0.15, 0.2) is 0 Å². The van der Waals surface area contributed by atoms with Gasteiger partial charge in [0.1, 0.15) is 17.1 Å². The molecule has 0 saturated carbocycles. The Labute approximate surface area is 134 Å². The van der Waals surface area contributed by atoms with Gasteiger partial charge in [-0.3, -0.25) is 4.79 Å². The minimum absolute atomic E-state index is 0.0888. The fraction of sp³-hybridized carbons (Fsp3) is 0.143. The maximum Gasteiger partial charge on any atom is 0.339 e. The van der Waals surface area contributed by atoms with Crippen molar-refractivity contribution in [2.45, 2.75) is 13.5 Å². The molecule has 7 heteroatoms. The third-order valence-electron chi connectivity index (χ3n) is 2.80. The standard InChI is InChI=1S/C14H11BrClNO4/c1-7-10(14(19)20)5-9(21-7)6-17-13(18)8-2-3-11(15)12(16)4-8/h2-5H,6H2,1H3,(H,17,18)(H,19,20). The molecule has 0 aliphatic carbocycles. The molecule has 1 amide bonds. The number of aryl methyl sites for hydroxylation is 1. The Morgan fingerprint density at radius 1 is 1.38 bits per heavy atom. The van der Waals surface area contributed by atoms with Crippen LogP contribution in [0.3, 0.4) is 0 Å². The quantitative estimate of drug-likeness (QED) is 0.859. The number of carboxylic acids is 1. The molecule has 1 aromatic heterocycles. The van der Waals surface area contributed by atoms with E-state index in [-0.39, 0.29) is 18.0 Å². The van der Waals surface area contributed by atoms with Crippen LogP contribution >= 0.6 is 27.5 Å². The first-order valence-corrected chi connectivity index (χ1v) is 7.11. The Balaban J connectivity index is 2.05. The summed E-state index contributed by atoms with van der Waals surface area (Å²) in [6.07, 6.45) is 0. The minimum atomic E-state index is -1.06. The van der Waals surface area contributed by atoms with Crippen molar-refractivity contribution in [3.63, 3.8) is 0 Å². The summed E-state index contributed by atoms with van der Waals surface area (Å²) >= 11 is 9.17. The van der Waals surface area contributed by atoms with E-state index < -0.39 is 5.97 Å². The van der Waals surface area contributed by atoms with Crippen LogP contribution in [0.25, 0.3) is 0 Å². The first kappa shape index (κ1) is 15.6. The minimum Gasteiger partial charge on any atom is -0.478 e. The van der Waals surface area contributed by atoms with E-state index in [1.807, 2.05) is 0 Å². The highest BCUT2D eigenvalue weighted by atomic mass is 79.9.